The van der Waals surface area contributed by atoms with Crippen molar-refractivity contribution in [3.63, 3.8) is 0 Å². The first-order chi connectivity index (χ1) is 6.61. The monoisotopic (exact) mass is 198 g/mol. The first kappa shape index (κ1) is 10.5. The molecule has 5 nitrogen and oxygen atoms in total. The van der Waals surface area contributed by atoms with Crippen LogP contribution in [0.2, 0.25) is 0 Å². The van der Waals surface area contributed by atoms with E-state index in [2.05, 4.69) is 0 Å². The normalized spacial score (nSPS) is 10.1. The van der Waals surface area contributed by atoms with Crippen LogP contribution in [0.5, 0.6) is 5.75 Å². The predicted octanol–water partition coefficient (Wildman–Crippen LogP) is 0.0750. The topological polar surface area (TPSA) is 98.0 Å². The highest BCUT2D eigenvalue weighted by molar-refractivity contribution is 5.91. The minimum absolute atomic E-state index is 0.0485. The molecule has 0 radical (unpaired) electrons. The van der Waals surface area contributed by atoms with Gasteiger partial charge in [-0.2, -0.15) is 0 Å². The van der Waals surface area contributed by atoms with Crippen LogP contribution in [0.15, 0.2) is 12.1 Å². The summed E-state index contributed by atoms with van der Waals surface area (Å²) in [6, 6.07) is 2.54. The molecule has 1 rings (SSSR count). The summed E-state index contributed by atoms with van der Waals surface area (Å²) in [6.45, 7) is -0.869. The van der Waals surface area contributed by atoms with Gasteiger partial charge in [-0.1, -0.05) is 6.07 Å². The Hall–Kier alpha value is -1.59. The fourth-order valence-corrected chi connectivity index (χ4v) is 1.18. The maximum absolute atomic E-state index is 10.6. The van der Waals surface area contributed by atoms with E-state index in [1.807, 2.05) is 0 Å². The highest BCUT2D eigenvalue weighted by Gasteiger charge is 2.15. The van der Waals surface area contributed by atoms with Gasteiger partial charge in [0.2, 0.25) is 0 Å². The standard InChI is InChI=1S/C9H10O5/c10-3-5-1-2-6(9(13)14)8(12)7(5)4-11/h1-2,10-12H,3-4H2,(H,13,14). The molecule has 0 atom stereocenters. The molecule has 1 aromatic carbocycles. The van der Waals surface area contributed by atoms with E-state index in [-0.39, 0.29) is 17.7 Å². The number of hydrogen-bond acceptors (Lipinski definition) is 4. The molecule has 0 aromatic heterocycles. The smallest absolute Gasteiger partial charge is 0.339 e. The van der Waals surface area contributed by atoms with E-state index in [1.54, 1.807) is 0 Å². The van der Waals surface area contributed by atoms with Gasteiger partial charge in [-0.05, 0) is 11.6 Å². The van der Waals surface area contributed by atoms with E-state index in [0.717, 1.165) is 0 Å². The van der Waals surface area contributed by atoms with Crippen LogP contribution >= 0.6 is 0 Å². The van der Waals surface area contributed by atoms with E-state index in [0.29, 0.717) is 5.56 Å². The van der Waals surface area contributed by atoms with Crippen LogP contribution < -0.4 is 0 Å². The van der Waals surface area contributed by atoms with Gasteiger partial charge < -0.3 is 20.4 Å². The first-order valence-electron chi connectivity index (χ1n) is 3.90. The molecule has 0 heterocycles. The molecule has 5 heteroatoms. The lowest BCUT2D eigenvalue weighted by molar-refractivity contribution is 0.0693. The molecule has 0 aliphatic heterocycles. The molecule has 1 aromatic rings. The van der Waals surface area contributed by atoms with E-state index < -0.39 is 18.3 Å². The molecule has 0 bridgehead atoms. The van der Waals surface area contributed by atoms with Crippen LogP contribution in [0.4, 0.5) is 0 Å². The Balaban J connectivity index is 3.34. The number of benzene rings is 1. The largest absolute Gasteiger partial charge is 0.507 e. The Kier molecular flexibility index (Phi) is 3.06. The molecule has 0 saturated heterocycles. The Morgan fingerprint density at radius 2 is 1.86 bits per heavy atom. The number of carbonyl (C=O) groups is 1. The number of hydrogen-bond donors (Lipinski definition) is 4. The van der Waals surface area contributed by atoms with Crippen LogP contribution in [0, 0.1) is 0 Å². The van der Waals surface area contributed by atoms with E-state index >= 15 is 0 Å². The van der Waals surface area contributed by atoms with E-state index in [1.165, 1.54) is 12.1 Å². The van der Waals surface area contributed by atoms with Crippen molar-refractivity contribution >= 4 is 5.97 Å². The van der Waals surface area contributed by atoms with E-state index in [4.69, 9.17) is 15.3 Å². The van der Waals surface area contributed by atoms with Crippen LogP contribution in [-0.2, 0) is 13.2 Å². The molecule has 14 heavy (non-hydrogen) atoms. The Morgan fingerprint density at radius 3 is 2.29 bits per heavy atom. The van der Waals surface area contributed by atoms with Crippen LogP contribution in [-0.4, -0.2) is 26.4 Å². The number of carboxylic acid groups (broad SMARTS) is 1. The van der Waals surface area contributed by atoms with Gasteiger partial charge in [-0.3, -0.25) is 0 Å². The van der Waals surface area contributed by atoms with Gasteiger partial charge in [-0.15, -0.1) is 0 Å². The highest BCUT2D eigenvalue weighted by Crippen LogP contribution is 2.26. The summed E-state index contributed by atoms with van der Waals surface area (Å²) in [5, 5.41) is 35.8. The molecule has 0 fully saturated rings. The highest BCUT2D eigenvalue weighted by atomic mass is 16.4. The molecule has 0 aliphatic rings. The van der Waals surface area contributed by atoms with Gasteiger partial charge in [0.1, 0.15) is 11.3 Å². The molecule has 0 aliphatic carbocycles. The van der Waals surface area contributed by atoms with Crippen LogP contribution in [0.25, 0.3) is 0 Å². The summed E-state index contributed by atoms with van der Waals surface area (Å²) in [4.78, 5) is 10.6. The number of rotatable bonds is 3. The van der Waals surface area contributed by atoms with Crippen molar-refractivity contribution in [2.45, 2.75) is 13.2 Å². The van der Waals surface area contributed by atoms with Gasteiger partial charge in [0, 0.05) is 5.56 Å². The number of carboxylic acids is 1. The van der Waals surface area contributed by atoms with Crippen LogP contribution in [0.1, 0.15) is 21.5 Å². The van der Waals surface area contributed by atoms with Gasteiger partial charge in [0.05, 0.1) is 13.2 Å². The number of aliphatic hydroxyl groups is 2. The third-order valence-corrected chi connectivity index (χ3v) is 1.94. The number of aromatic hydroxyl groups is 1. The van der Waals surface area contributed by atoms with Crippen molar-refractivity contribution < 1.29 is 25.2 Å². The Morgan fingerprint density at radius 1 is 1.21 bits per heavy atom. The lowest BCUT2D eigenvalue weighted by atomic mass is 10.0. The summed E-state index contributed by atoms with van der Waals surface area (Å²) in [6.07, 6.45) is 0. The lowest BCUT2D eigenvalue weighted by Crippen LogP contribution is -2.02. The molecule has 4 N–H and O–H groups in total. The summed E-state index contributed by atoms with van der Waals surface area (Å²) in [7, 11) is 0. The molecule has 0 amide bonds. The molecule has 76 valence electrons. The lowest BCUT2D eigenvalue weighted by Gasteiger charge is -2.09. The molecular weight excluding hydrogens is 188 g/mol. The molecule has 0 saturated carbocycles. The zero-order valence-electron chi connectivity index (χ0n) is 7.27. The minimum Gasteiger partial charge on any atom is -0.507 e. The van der Waals surface area contributed by atoms with Crippen molar-refractivity contribution in [2.24, 2.45) is 0 Å². The molecule has 0 unspecified atom stereocenters. The van der Waals surface area contributed by atoms with Crippen molar-refractivity contribution in [3.8, 4) is 5.75 Å². The van der Waals surface area contributed by atoms with Crippen molar-refractivity contribution in [2.75, 3.05) is 0 Å². The SMILES string of the molecule is O=C(O)c1ccc(CO)c(CO)c1O. The van der Waals surface area contributed by atoms with Gasteiger partial charge >= 0.3 is 5.97 Å². The van der Waals surface area contributed by atoms with Gasteiger partial charge in [0.15, 0.2) is 0 Å². The maximum Gasteiger partial charge on any atom is 0.339 e. The summed E-state index contributed by atoms with van der Waals surface area (Å²) in [5.74, 6) is -1.77. The fraction of sp³-hybridized carbons (Fsp3) is 0.222. The number of phenols is 1. The van der Waals surface area contributed by atoms with E-state index in [9.17, 15) is 9.90 Å². The Bertz CT molecular complexity index is 358. The van der Waals surface area contributed by atoms with Crippen molar-refractivity contribution in [3.05, 3.63) is 28.8 Å². The second-order valence-corrected chi connectivity index (χ2v) is 2.72. The predicted molar refractivity (Wildman–Crippen MR) is 46.9 cm³/mol. The second kappa shape index (κ2) is 4.08. The van der Waals surface area contributed by atoms with Crippen molar-refractivity contribution in [1.82, 2.24) is 0 Å². The third-order valence-electron chi connectivity index (χ3n) is 1.94. The third kappa shape index (κ3) is 1.68. The maximum atomic E-state index is 10.6. The molecular formula is C9H10O5. The summed E-state index contributed by atoms with van der Waals surface area (Å²) in [5.41, 5.74) is 0.0775. The minimum atomic E-state index is -1.28. The zero-order valence-corrected chi connectivity index (χ0v) is 7.27. The average molecular weight is 198 g/mol. The molecule has 0 spiro atoms. The number of aliphatic hydroxyl groups excluding tert-OH is 2. The second-order valence-electron chi connectivity index (χ2n) is 2.72. The van der Waals surface area contributed by atoms with Gasteiger partial charge in [-0.25, -0.2) is 4.79 Å². The quantitative estimate of drug-likeness (QED) is 0.551. The summed E-state index contributed by atoms with van der Waals surface area (Å²) >= 11 is 0. The first-order valence-corrected chi connectivity index (χ1v) is 3.90. The summed E-state index contributed by atoms with van der Waals surface area (Å²) < 4.78 is 0. The fourth-order valence-electron chi connectivity index (χ4n) is 1.18. The van der Waals surface area contributed by atoms with Gasteiger partial charge in [0.25, 0.3) is 0 Å². The Labute approximate surface area is 79.9 Å². The average Bonchev–Trinajstić information content (AvgIpc) is 2.16. The van der Waals surface area contributed by atoms with Crippen molar-refractivity contribution in [1.29, 1.82) is 0 Å². The van der Waals surface area contributed by atoms with Crippen LogP contribution in [0.3, 0.4) is 0 Å². The number of aromatic carboxylic acids is 1. The zero-order chi connectivity index (χ0) is 10.7.